The van der Waals surface area contributed by atoms with Crippen LogP contribution >= 0.6 is 11.3 Å². The van der Waals surface area contributed by atoms with Crippen molar-refractivity contribution in [2.45, 2.75) is 26.0 Å². The Balaban J connectivity index is 2.92. The number of thiazole rings is 1. The fourth-order valence-corrected chi connectivity index (χ4v) is 3.31. The molecule has 3 nitrogen and oxygen atoms in total. The van der Waals surface area contributed by atoms with Gasteiger partial charge in [-0.2, -0.15) is 0 Å². The van der Waals surface area contributed by atoms with Crippen LogP contribution in [0.3, 0.4) is 0 Å². The first-order valence-corrected chi connectivity index (χ1v) is 6.93. The monoisotopic (exact) mass is 219 g/mol. The molecule has 0 spiro atoms. The van der Waals surface area contributed by atoms with Crippen LogP contribution in [0.25, 0.3) is 0 Å². The second kappa shape index (κ2) is 3.75. The SMILES string of the molecule is CCc1nc(CS(C)(=O)=O)sc1C. The van der Waals surface area contributed by atoms with E-state index in [4.69, 9.17) is 0 Å². The van der Waals surface area contributed by atoms with Gasteiger partial charge in [-0.1, -0.05) is 6.92 Å². The third-order valence-electron chi connectivity index (χ3n) is 1.66. The van der Waals surface area contributed by atoms with Gasteiger partial charge in [0.05, 0.1) is 5.69 Å². The first-order chi connectivity index (χ1) is 5.92. The second-order valence-electron chi connectivity index (χ2n) is 3.03. The van der Waals surface area contributed by atoms with E-state index in [2.05, 4.69) is 4.98 Å². The zero-order valence-electron chi connectivity index (χ0n) is 7.99. The number of aryl methyl sites for hydroxylation is 2. The average Bonchev–Trinajstić information content (AvgIpc) is 2.26. The van der Waals surface area contributed by atoms with Crippen LogP contribution in [0.4, 0.5) is 0 Å². The van der Waals surface area contributed by atoms with Crippen molar-refractivity contribution in [2.75, 3.05) is 6.26 Å². The summed E-state index contributed by atoms with van der Waals surface area (Å²) in [6.07, 6.45) is 2.10. The molecule has 0 atom stereocenters. The minimum Gasteiger partial charge on any atom is -0.245 e. The topological polar surface area (TPSA) is 47.0 Å². The van der Waals surface area contributed by atoms with Crippen LogP contribution in [0.1, 0.15) is 22.5 Å². The smallest absolute Gasteiger partial charge is 0.153 e. The van der Waals surface area contributed by atoms with E-state index >= 15 is 0 Å². The summed E-state index contributed by atoms with van der Waals surface area (Å²) >= 11 is 1.48. The van der Waals surface area contributed by atoms with E-state index in [9.17, 15) is 8.42 Å². The fraction of sp³-hybridized carbons (Fsp3) is 0.625. The lowest BCUT2D eigenvalue weighted by atomic mass is 10.3. The van der Waals surface area contributed by atoms with Gasteiger partial charge >= 0.3 is 0 Å². The summed E-state index contributed by atoms with van der Waals surface area (Å²) in [5.41, 5.74) is 1.02. The van der Waals surface area contributed by atoms with E-state index < -0.39 is 9.84 Å². The van der Waals surface area contributed by atoms with Gasteiger partial charge in [0.15, 0.2) is 9.84 Å². The molecule has 0 N–H and O–H groups in total. The van der Waals surface area contributed by atoms with Crippen LogP contribution in [0, 0.1) is 6.92 Å². The van der Waals surface area contributed by atoms with E-state index in [0.29, 0.717) is 5.01 Å². The highest BCUT2D eigenvalue weighted by Gasteiger charge is 2.10. The van der Waals surface area contributed by atoms with Gasteiger partial charge in [-0.05, 0) is 13.3 Å². The highest BCUT2D eigenvalue weighted by atomic mass is 32.2. The number of aromatic nitrogens is 1. The minimum atomic E-state index is -2.94. The minimum absolute atomic E-state index is 0.0680. The quantitative estimate of drug-likeness (QED) is 0.775. The first-order valence-electron chi connectivity index (χ1n) is 4.05. The molecule has 1 aromatic rings. The van der Waals surface area contributed by atoms with Crippen LogP contribution in [0.2, 0.25) is 0 Å². The van der Waals surface area contributed by atoms with Gasteiger partial charge in [0.1, 0.15) is 10.8 Å². The highest BCUT2D eigenvalue weighted by molar-refractivity contribution is 7.90. The van der Waals surface area contributed by atoms with Crippen LogP contribution in [0.15, 0.2) is 0 Å². The zero-order valence-corrected chi connectivity index (χ0v) is 9.63. The Bertz CT molecular complexity index is 392. The van der Waals surface area contributed by atoms with Crippen molar-refractivity contribution >= 4 is 21.2 Å². The molecule has 0 unspecified atom stereocenters. The van der Waals surface area contributed by atoms with Gasteiger partial charge in [-0.25, -0.2) is 13.4 Å². The standard InChI is InChI=1S/C8H13NO2S2/c1-4-7-6(2)12-8(9-7)5-13(3,10)11/h4-5H2,1-3H3. The van der Waals surface area contributed by atoms with E-state index in [0.717, 1.165) is 17.0 Å². The molecule has 0 aromatic carbocycles. The van der Waals surface area contributed by atoms with Gasteiger partial charge in [0.2, 0.25) is 0 Å². The molecule has 1 heterocycles. The maximum absolute atomic E-state index is 11.0. The molecule has 0 aliphatic heterocycles. The largest absolute Gasteiger partial charge is 0.245 e. The molecule has 0 radical (unpaired) electrons. The average molecular weight is 219 g/mol. The van der Waals surface area contributed by atoms with Crippen molar-refractivity contribution in [2.24, 2.45) is 0 Å². The predicted octanol–water partition coefficient (Wildman–Crippen LogP) is 1.56. The number of nitrogens with zero attached hydrogens (tertiary/aromatic N) is 1. The predicted molar refractivity (Wildman–Crippen MR) is 54.8 cm³/mol. The molecule has 1 aromatic heterocycles. The third kappa shape index (κ3) is 3.08. The van der Waals surface area contributed by atoms with Gasteiger partial charge in [0, 0.05) is 11.1 Å². The molecule has 13 heavy (non-hydrogen) atoms. The molecule has 5 heteroatoms. The summed E-state index contributed by atoms with van der Waals surface area (Å²) in [4.78, 5) is 5.38. The zero-order chi connectivity index (χ0) is 10.1. The van der Waals surface area contributed by atoms with Crippen molar-refractivity contribution in [3.8, 4) is 0 Å². The molecular formula is C8H13NO2S2. The lowest BCUT2D eigenvalue weighted by molar-refractivity contribution is 0.601. The molecule has 0 fully saturated rings. The molecular weight excluding hydrogens is 206 g/mol. The van der Waals surface area contributed by atoms with Crippen LogP contribution in [-0.4, -0.2) is 19.7 Å². The van der Waals surface area contributed by atoms with E-state index in [-0.39, 0.29) is 5.75 Å². The summed E-state index contributed by atoms with van der Waals surface area (Å²) in [5, 5.41) is 0.705. The van der Waals surface area contributed by atoms with E-state index in [1.807, 2.05) is 13.8 Å². The van der Waals surface area contributed by atoms with Gasteiger partial charge in [0.25, 0.3) is 0 Å². The second-order valence-corrected chi connectivity index (χ2v) is 6.46. The first kappa shape index (κ1) is 10.7. The number of sulfone groups is 1. The van der Waals surface area contributed by atoms with E-state index in [1.54, 1.807) is 0 Å². The highest BCUT2D eigenvalue weighted by Crippen LogP contribution is 2.19. The van der Waals surface area contributed by atoms with Crippen molar-refractivity contribution in [1.29, 1.82) is 0 Å². The maximum Gasteiger partial charge on any atom is 0.153 e. The molecule has 0 amide bonds. The molecule has 1 rings (SSSR count). The van der Waals surface area contributed by atoms with Crippen LogP contribution < -0.4 is 0 Å². The summed E-state index contributed by atoms with van der Waals surface area (Å²) in [5.74, 6) is 0.0680. The third-order valence-corrected chi connectivity index (χ3v) is 3.65. The molecule has 0 aliphatic carbocycles. The Morgan fingerprint density at radius 3 is 2.46 bits per heavy atom. The van der Waals surface area contributed by atoms with E-state index in [1.165, 1.54) is 17.6 Å². The summed E-state index contributed by atoms with van der Waals surface area (Å²) in [6, 6.07) is 0. The Labute approximate surface area is 82.7 Å². The number of rotatable bonds is 3. The van der Waals surface area contributed by atoms with Gasteiger partial charge in [-0.3, -0.25) is 0 Å². The normalized spacial score (nSPS) is 11.9. The lowest BCUT2D eigenvalue weighted by Crippen LogP contribution is -2.00. The molecule has 0 saturated carbocycles. The summed E-state index contributed by atoms with van der Waals surface area (Å²) in [6.45, 7) is 3.99. The fourth-order valence-electron chi connectivity index (χ4n) is 1.10. The summed E-state index contributed by atoms with van der Waals surface area (Å²) in [7, 11) is -2.94. The Kier molecular flexibility index (Phi) is 3.08. The summed E-state index contributed by atoms with van der Waals surface area (Å²) < 4.78 is 22.0. The molecule has 0 aliphatic rings. The number of hydrogen-bond donors (Lipinski definition) is 0. The molecule has 0 saturated heterocycles. The van der Waals surface area contributed by atoms with Crippen molar-refractivity contribution in [3.63, 3.8) is 0 Å². The van der Waals surface area contributed by atoms with Gasteiger partial charge in [-0.15, -0.1) is 11.3 Å². The molecule has 74 valence electrons. The van der Waals surface area contributed by atoms with Crippen LogP contribution in [0.5, 0.6) is 0 Å². The maximum atomic E-state index is 11.0. The Morgan fingerprint density at radius 2 is 2.08 bits per heavy atom. The number of hydrogen-bond acceptors (Lipinski definition) is 4. The Hall–Kier alpha value is -0.420. The molecule has 0 bridgehead atoms. The van der Waals surface area contributed by atoms with Crippen LogP contribution in [-0.2, 0) is 22.0 Å². The Morgan fingerprint density at radius 1 is 1.46 bits per heavy atom. The van der Waals surface area contributed by atoms with Crippen molar-refractivity contribution in [3.05, 3.63) is 15.6 Å². The van der Waals surface area contributed by atoms with Gasteiger partial charge < -0.3 is 0 Å². The van der Waals surface area contributed by atoms with Crippen molar-refractivity contribution in [1.82, 2.24) is 4.98 Å². The lowest BCUT2D eigenvalue weighted by Gasteiger charge is -1.91. The van der Waals surface area contributed by atoms with Crippen molar-refractivity contribution < 1.29 is 8.42 Å².